The van der Waals surface area contributed by atoms with Crippen molar-refractivity contribution in [2.75, 3.05) is 20.1 Å². The van der Waals surface area contributed by atoms with E-state index in [-0.39, 0.29) is 5.56 Å². The molecule has 0 unspecified atom stereocenters. The summed E-state index contributed by atoms with van der Waals surface area (Å²) >= 11 is 5.59. The van der Waals surface area contributed by atoms with Crippen molar-refractivity contribution in [3.63, 3.8) is 0 Å². The van der Waals surface area contributed by atoms with Gasteiger partial charge in [0.25, 0.3) is 0 Å². The van der Waals surface area contributed by atoms with Gasteiger partial charge in [-0.1, -0.05) is 12.2 Å². The molecule has 1 rings (SSSR count). The fourth-order valence-corrected chi connectivity index (χ4v) is 1.62. The minimum Gasteiger partial charge on any atom is -0.496 e. The van der Waals surface area contributed by atoms with E-state index in [0.29, 0.717) is 29.4 Å². The fraction of sp³-hybridized carbons (Fsp3) is 0.308. The second kappa shape index (κ2) is 6.91. The molecule has 0 aromatic heterocycles. The lowest BCUT2D eigenvalue weighted by molar-refractivity contribution is 0.0696. The van der Waals surface area contributed by atoms with Crippen LogP contribution < -0.4 is 9.47 Å². The summed E-state index contributed by atoms with van der Waals surface area (Å²) in [5, 5.41) is 8.98. The lowest BCUT2D eigenvalue weighted by atomic mass is 10.1. The first-order valence-electron chi connectivity index (χ1n) is 5.35. The van der Waals surface area contributed by atoms with Crippen LogP contribution >= 0.6 is 11.6 Å². The standard InChI is InChI=1S/C13H15ClO4/c1-17-11-7-9(13(15)16)8-12(18-2)10(11)5-3-4-6-14/h3,5,7-8H,4,6H2,1-2H3,(H,15,16). The summed E-state index contributed by atoms with van der Waals surface area (Å²) in [6.45, 7) is 0. The summed E-state index contributed by atoms with van der Waals surface area (Å²) in [7, 11) is 2.97. The predicted molar refractivity (Wildman–Crippen MR) is 70.9 cm³/mol. The number of carboxylic acids is 1. The summed E-state index contributed by atoms with van der Waals surface area (Å²) in [5.74, 6) is 0.409. The molecule has 0 radical (unpaired) electrons. The van der Waals surface area contributed by atoms with Gasteiger partial charge in [-0.3, -0.25) is 0 Å². The molecule has 0 aliphatic carbocycles. The third-order valence-electron chi connectivity index (χ3n) is 2.35. The van der Waals surface area contributed by atoms with Crippen molar-refractivity contribution in [3.05, 3.63) is 29.3 Å². The van der Waals surface area contributed by atoms with E-state index in [1.807, 2.05) is 12.2 Å². The van der Waals surface area contributed by atoms with Crippen LogP contribution in [0.5, 0.6) is 11.5 Å². The number of allylic oxidation sites excluding steroid dienone is 1. The molecular formula is C13H15ClO4. The number of ether oxygens (including phenoxy) is 2. The monoisotopic (exact) mass is 270 g/mol. The van der Waals surface area contributed by atoms with Crippen LogP contribution in [0.1, 0.15) is 22.3 Å². The van der Waals surface area contributed by atoms with Crippen LogP contribution in [0.2, 0.25) is 0 Å². The molecule has 0 fully saturated rings. The molecule has 0 saturated heterocycles. The van der Waals surface area contributed by atoms with Crippen molar-refractivity contribution in [1.82, 2.24) is 0 Å². The van der Waals surface area contributed by atoms with Gasteiger partial charge in [0.15, 0.2) is 0 Å². The Labute approximate surface area is 111 Å². The molecule has 0 atom stereocenters. The number of aromatic carboxylic acids is 1. The van der Waals surface area contributed by atoms with Gasteiger partial charge in [-0.05, 0) is 18.6 Å². The minimum atomic E-state index is -1.03. The van der Waals surface area contributed by atoms with Gasteiger partial charge in [0, 0.05) is 5.88 Å². The Bertz CT molecular complexity index is 429. The van der Waals surface area contributed by atoms with Crippen molar-refractivity contribution in [3.8, 4) is 11.5 Å². The normalized spacial score (nSPS) is 10.6. The number of halogens is 1. The van der Waals surface area contributed by atoms with E-state index >= 15 is 0 Å². The summed E-state index contributed by atoms with van der Waals surface area (Å²) in [4.78, 5) is 11.0. The SMILES string of the molecule is COc1cc(C(=O)O)cc(OC)c1C=CCCCl. The maximum absolute atomic E-state index is 11.0. The summed E-state index contributed by atoms with van der Waals surface area (Å²) < 4.78 is 10.4. The Morgan fingerprint density at radius 2 is 1.89 bits per heavy atom. The highest BCUT2D eigenvalue weighted by molar-refractivity contribution is 6.17. The van der Waals surface area contributed by atoms with Crippen molar-refractivity contribution in [1.29, 1.82) is 0 Å². The average molecular weight is 271 g/mol. The maximum atomic E-state index is 11.0. The molecule has 18 heavy (non-hydrogen) atoms. The number of hydrogen-bond donors (Lipinski definition) is 1. The van der Waals surface area contributed by atoms with Crippen LogP contribution in [-0.2, 0) is 0 Å². The number of hydrogen-bond acceptors (Lipinski definition) is 3. The van der Waals surface area contributed by atoms with Gasteiger partial charge in [0.2, 0.25) is 0 Å². The van der Waals surface area contributed by atoms with E-state index in [4.69, 9.17) is 26.2 Å². The number of carboxylic acid groups (broad SMARTS) is 1. The number of carbonyl (C=O) groups is 1. The van der Waals surface area contributed by atoms with Crippen LogP contribution in [0.15, 0.2) is 18.2 Å². The van der Waals surface area contributed by atoms with Crippen LogP contribution in [0.4, 0.5) is 0 Å². The summed E-state index contributed by atoms with van der Waals surface area (Å²) in [6, 6.07) is 2.93. The molecule has 5 heteroatoms. The first kappa shape index (κ1) is 14.4. The third-order valence-corrected chi connectivity index (χ3v) is 2.57. The predicted octanol–water partition coefficient (Wildman–Crippen LogP) is 3.04. The van der Waals surface area contributed by atoms with Crippen LogP contribution in [-0.4, -0.2) is 31.2 Å². The molecule has 0 amide bonds. The van der Waals surface area contributed by atoms with Crippen molar-refractivity contribution >= 4 is 23.6 Å². The number of alkyl halides is 1. The van der Waals surface area contributed by atoms with Gasteiger partial charge in [0.05, 0.1) is 25.3 Å². The molecule has 0 saturated carbocycles. The highest BCUT2D eigenvalue weighted by atomic mass is 35.5. The molecule has 98 valence electrons. The molecular weight excluding hydrogens is 256 g/mol. The molecule has 4 nitrogen and oxygen atoms in total. The van der Waals surface area contributed by atoms with E-state index in [9.17, 15) is 4.79 Å². The van der Waals surface area contributed by atoms with E-state index in [1.165, 1.54) is 26.4 Å². The molecule has 0 aliphatic rings. The lowest BCUT2D eigenvalue weighted by Gasteiger charge is -2.11. The van der Waals surface area contributed by atoms with Crippen molar-refractivity contribution < 1.29 is 19.4 Å². The van der Waals surface area contributed by atoms with Crippen molar-refractivity contribution in [2.24, 2.45) is 0 Å². The van der Waals surface area contributed by atoms with Crippen LogP contribution in [0.3, 0.4) is 0 Å². The van der Waals surface area contributed by atoms with Gasteiger partial charge in [-0.15, -0.1) is 11.6 Å². The maximum Gasteiger partial charge on any atom is 0.335 e. The summed E-state index contributed by atoms with van der Waals surface area (Å²) in [6.07, 6.45) is 4.41. The highest BCUT2D eigenvalue weighted by Crippen LogP contribution is 2.32. The van der Waals surface area contributed by atoms with Gasteiger partial charge in [-0.25, -0.2) is 4.79 Å². The number of rotatable bonds is 6. The second-order valence-corrected chi connectivity index (χ2v) is 3.86. The van der Waals surface area contributed by atoms with Gasteiger partial charge < -0.3 is 14.6 Å². The average Bonchev–Trinajstić information content (AvgIpc) is 2.38. The first-order chi connectivity index (χ1) is 8.63. The van der Waals surface area contributed by atoms with Gasteiger partial charge >= 0.3 is 5.97 Å². The smallest absolute Gasteiger partial charge is 0.335 e. The van der Waals surface area contributed by atoms with Gasteiger partial charge in [-0.2, -0.15) is 0 Å². The lowest BCUT2D eigenvalue weighted by Crippen LogP contribution is -2.00. The Kier molecular flexibility index (Phi) is 5.52. The topological polar surface area (TPSA) is 55.8 Å². The molecule has 0 bridgehead atoms. The molecule has 1 aromatic carbocycles. The Hall–Kier alpha value is -1.68. The zero-order valence-corrected chi connectivity index (χ0v) is 11.0. The van der Waals surface area contributed by atoms with Crippen LogP contribution in [0.25, 0.3) is 6.08 Å². The minimum absolute atomic E-state index is 0.123. The van der Waals surface area contributed by atoms with Gasteiger partial charge in [0.1, 0.15) is 11.5 Å². The number of benzene rings is 1. The van der Waals surface area contributed by atoms with E-state index in [1.54, 1.807) is 0 Å². The molecule has 1 aromatic rings. The van der Waals surface area contributed by atoms with Crippen molar-refractivity contribution in [2.45, 2.75) is 6.42 Å². The Morgan fingerprint density at radius 1 is 1.33 bits per heavy atom. The molecule has 1 N–H and O–H groups in total. The first-order valence-corrected chi connectivity index (χ1v) is 5.89. The largest absolute Gasteiger partial charge is 0.496 e. The van der Waals surface area contributed by atoms with Crippen LogP contribution in [0, 0.1) is 0 Å². The zero-order valence-electron chi connectivity index (χ0n) is 10.3. The number of methoxy groups -OCH3 is 2. The highest BCUT2D eigenvalue weighted by Gasteiger charge is 2.13. The third kappa shape index (κ3) is 3.40. The Balaban J connectivity index is 3.25. The van der Waals surface area contributed by atoms with E-state index in [0.717, 1.165) is 0 Å². The molecule has 0 aliphatic heterocycles. The molecule has 0 spiro atoms. The summed E-state index contributed by atoms with van der Waals surface area (Å²) in [5.41, 5.74) is 0.827. The fourth-order valence-electron chi connectivity index (χ4n) is 1.49. The van der Waals surface area contributed by atoms with E-state index in [2.05, 4.69) is 0 Å². The van der Waals surface area contributed by atoms with E-state index < -0.39 is 5.97 Å². The second-order valence-electron chi connectivity index (χ2n) is 3.48. The zero-order chi connectivity index (χ0) is 13.5. The molecule has 0 heterocycles. The quantitative estimate of drug-likeness (QED) is 0.807. The Morgan fingerprint density at radius 3 is 2.28 bits per heavy atom.